The molecule has 1 aromatic rings. The molecule has 1 aromatic heterocycles. The van der Waals surface area contributed by atoms with E-state index in [-0.39, 0.29) is 5.41 Å². The molecule has 0 saturated carbocycles. The molecular formula is C7H10N2O. The van der Waals surface area contributed by atoms with E-state index in [1.165, 1.54) is 0 Å². The Morgan fingerprint density at radius 2 is 2.50 bits per heavy atom. The molecule has 0 bridgehead atoms. The van der Waals surface area contributed by atoms with Gasteiger partial charge in [0.15, 0.2) is 0 Å². The highest BCUT2D eigenvalue weighted by Crippen LogP contribution is 2.28. The summed E-state index contributed by atoms with van der Waals surface area (Å²) in [6.45, 7) is 3.73. The van der Waals surface area contributed by atoms with Crippen molar-refractivity contribution in [1.82, 2.24) is 9.97 Å². The fraction of sp³-hybridized carbons (Fsp3) is 0.571. The van der Waals surface area contributed by atoms with Crippen LogP contribution in [0.5, 0.6) is 0 Å². The topological polar surface area (TPSA) is 37.9 Å². The van der Waals surface area contributed by atoms with Crippen LogP contribution in [0.2, 0.25) is 0 Å². The van der Waals surface area contributed by atoms with Crippen molar-refractivity contribution in [2.45, 2.75) is 12.3 Å². The van der Waals surface area contributed by atoms with Crippen molar-refractivity contribution in [3.05, 3.63) is 18.2 Å². The fourth-order valence-electron chi connectivity index (χ4n) is 1.14. The molecule has 0 radical (unpaired) electrons. The Morgan fingerprint density at radius 3 is 2.90 bits per heavy atom. The van der Waals surface area contributed by atoms with Gasteiger partial charge in [-0.3, -0.25) is 0 Å². The van der Waals surface area contributed by atoms with Crippen molar-refractivity contribution in [2.75, 3.05) is 13.2 Å². The number of aromatic amines is 1. The largest absolute Gasteiger partial charge is 0.379 e. The SMILES string of the molecule is CC1(c2ncc[nH]2)COC1. The van der Waals surface area contributed by atoms with Gasteiger partial charge in [0, 0.05) is 12.4 Å². The molecule has 0 aromatic carbocycles. The van der Waals surface area contributed by atoms with E-state index in [9.17, 15) is 0 Å². The van der Waals surface area contributed by atoms with Gasteiger partial charge in [-0.1, -0.05) is 0 Å². The van der Waals surface area contributed by atoms with Crippen molar-refractivity contribution in [3.63, 3.8) is 0 Å². The number of nitrogens with one attached hydrogen (secondary N) is 1. The highest BCUT2D eigenvalue weighted by molar-refractivity contribution is 5.09. The molecule has 1 fully saturated rings. The van der Waals surface area contributed by atoms with Crippen LogP contribution in [0.1, 0.15) is 12.7 Å². The van der Waals surface area contributed by atoms with Crippen LogP contribution in [0.15, 0.2) is 12.4 Å². The monoisotopic (exact) mass is 138 g/mol. The molecule has 2 rings (SSSR count). The van der Waals surface area contributed by atoms with Crippen molar-refractivity contribution in [2.24, 2.45) is 0 Å². The van der Waals surface area contributed by atoms with Gasteiger partial charge in [-0.05, 0) is 6.92 Å². The molecule has 3 nitrogen and oxygen atoms in total. The standard InChI is InChI=1S/C7H10N2O/c1-7(4-10-5-7)6-8-2-3-9-6/h2-3H,4-5H2,1H3,(H,8,9). The number of hydrogen-bond acceptors (Lipinski definition) is 2. The summed E-state index contributed by atoms with van der Waals surface area (Å²) in [5.41, 5.74) is 0.156. The second-order valence-electron chi connectivity index (χ2n) is 2.99. The maximum absolute atomic E-state index is 5.10. The smallest absolute Gasteiger partial charge is 0.116 e. The highest BCUT2D eigenvalue weighted by Gasteiger charge is 2.37. The number of imidazole rings is 1. The number of aromatic nitrogens is 2. The second-order valence-corrected chi connectivity index (χ2v) is 2.99. The van der Waals surface area contributed by atoms with Crippen molar-refractivity contribution in [3.8, 4) is 0 Å². The molecule has 1 aliphatic heterocycles. The van der Waals surface area contributed by atoms with Crippen molar-refractivity contribution >= 4 is 0 Å². The Bertz CT molecular complexity index is 214. The van der Waals surface area contributed by atoms with Crippen LogP contribution in [-0.4, -0.2) is 23.2 Å². The van der Waals surface area contributed by atoms with E-state index in [2.05, 4.69) is 16.9 Å². The van der Waals surface area contributed by atoms with E-state index in [0.29, 0.717) is 0 Å². The van der Waals surface area contributed by atoms with Crippen LogP contribution in [0.25, 0.3) is 0 Å². The third-order valence-corrected chi connectivity index (χ3v) is 1.91. The van der Waals surface area contributed by atoms with Crippen LogP contribution in [0.3, 0.4) is 0 Å². The quantitative estimate of drug-likeness (QED) is 0.620. The average Bonchev–Trinajstić information content (AvgIpc) is 2.33. The minimum atomic E-state index is 0.156. The minimum Gasteiger partial charge on any atom is -0.379 e. The summed E-state index contributed by atoms with van der Waals surface area (Å²) < 4.78 is 5.10. The minimum absolute atomic E-state index is 0.156. The van der Waals surface area contributed by atoms with Gasteiger partial charge in [0.1, 0.15) is 5.82 Å². The van der Waals surface area contributed by atoms with Gasteiger partial charge in [-0.2, -0.15) is 0 Å². The maximum atomic E-state index is 5.10. The van der Waals surface area contributed by atoms with E-state index >= 15 is 0 Å². The number of ether oxygens (including phenoxy) is 1. The van der Waals surface area contributed by atoms with Gasteiger partial charge in [0.05, 0.1) is 18.6 Å². The zero-order valence-electron chi connectivity index (χ0n) is 5.92. The first-order chi connectivity index (χ1) is 4.81. The molecule has 0 amide bonds. The fourth-order valence-corrected chi connectivity index (χ4v) is 1.14. The molecule has 0 unspecified atom stereocenters. The number of hydrogen-bond donors (Lipinski definition) is 1. The predicted molar refractivity (Wildman–Crippen MR) is 36.8 cm³/mol. The summed E-state index contributed by atoms with van der Waals surface area (Å²) in [5.74, 6) is 1.04. The third-order valence-electron chi connectivity index (χ3n) is 1.91. The van der Waals surface area contributed by atoms with Crippen LogP contribution < -0.4 is 0 Å². The van der Waals surface area contributed by atoms with E-state index in [1.54, 1.807) is 6.20 Å². The first-order valence-electron chi connectivity index (χ1n) is 3.39. The lowest BCUT2D eigenvalue weighted by Crippen LogP contribution is -2.44. The van der Waals surface area contributed by atoms with Gasteiger partial charge in [-0.25, -0.2) is 4.98 Å². The normalized spacial score (nSPS) is 22.1. The summed E-state index contributed by atoms with van der Waals surface area (Å²) in [6, 6.07) is 0. The maximum Gasteiger partial charge on any atom is 0.116 e. The van der Waals surface area contributed by atoms with Crippen LogP contribution in [0, 0.1) is 0 Å². The van der Waals surface area contributed by atoms with Crippen molar-refractivity contribution in [1.29, 1.82) is 0 Å². The number of rotatable bonds is 1. The second kappa shape index (κ2) is 1.83. The molecule has 1 aliphatic rings. The molecule has 3 heteroatoms. The first-order valence-corrected chi connectivity index (χ1v) is 3.39. The number of H-pyrrole nitrogens is 1. The summed E-state index contributed by atoms with van der Waals surface area (Å²) in [5, 5.41) is 0. The van der Waals surface area contributed by atoms with Crippen LogP contribution in [-0.2, 0) is 10.2 Å². The number of nitrogens with zero attached hydrogens (tertiary/aromatic N) is 1. The van der Waals surface area contributed by atoms with E-state index in [4.69, 9.17) is 4.74 Å². The average molecular weight is 138 g/mol. The summed E-state index contributed by atoms with van der Waals surface area (Å²) in [6.07, 6.45) is 3.62. The lowest BCUT2D eigenvalue weighted by Gasteiger charge is -2.35. The van der Waals surface area contributed by atoms with Gasteiger partial charge < -0.3 is 9.72 Å². The Hall–Kier alpha value is -0.830. The summed E-state index contributed by atoms with van der Waals surface area (Å²) in [4.78, 5) is 7.26. The molecule has 54 valence electrons. The van der Waals surface area contributed by atoms with E-state index < -0.39 is 0 Å². The Balaban J connectivity index is 2.27. The molecule has 0 atom stereocenters. The molecule has 1 N–H and O–H groups in total. The molecule has 0 aliphatic carbocycles. The molecule has 2 heterocycles. The highest BCUT2D eigenvalue weighted by atomic mass is 16.5. The zero-order valence-corrected chi connectivity index (χ0v) is 5.92. The van der Waals surface area contributed by atoms with Gasteiger partial charge in [-0.15, -0.1) is 0 Å². The molecular weight excluding hydrogens is 128 g/mol. The van der Waals surface area contributed by atoms with Gasteiger partial charge >= 0.3 is 0 Å². The van der Waals surface area contributed by atoms with E-state index in [1.807, 2.05) is 6.20 Å². The lowest BCUT2D eigenvalue weighted by molar-refractivity contribution is -0.0539. The molecule has 1 saturated heterocycles. The van der Waals surface area contributed by atoms with Crippen molar-refractivity contribution < 1.29 is 4.74 Å². The molecule has 10 heavy (non-hydrogen) atoms. The summed E-state index contributed by atoms with van der Waals surface area (Å²) >= 11 is 0. The Morgan fingerprint density at radius 1 is 1.70 bits per heavy atom. The van der Waals surface area contributed by atoms with E-state index in [0.717, 1.165) is 19.0 Å². The first kappa shape index (κ1) is 5.92. The molecule has 0 spiro atoms. The van der Waals surface area contributed by atoms with Gasteiger partial charge in [0.2, 0.25) is 0 Å². The summed E-state index contributed by atoms with van der Waals surface area (Å²) in [7, 11) is 0. The predicted octanol–water partition coefficient (Wildman–Crippen LogP) is 0.698. The Labute approximate surface area is 59.4 Å². The third kappa shape index (κ3) is 0.671. The zero-order chi connectivity index (χ0) is 7.03. The van der Waals surface area contributed by atoms with Crippen LogP contribution >= 0.6 is 0 Å². The van der Waals surface area contributed by atoms with Gasteiger partial charge in [0.25, 0.3) is 0 Å². The van der Waals surface area contributed by atoms with Crippen LogP contribution in [0.4, 0.5) is 0 Å². The Kier molecular flexibility index (Phi) is 1.08. The lowest BCUT2D eigenvalue weighted by atomic mass is 9.88.